The molecule has 2 aliphatic rings. The van der Waals surface area contributed by atoms with Crippen molar-refractivity contribution in [3.05, 3.63) is 60.4 Å². The topological polar surface area (TPSA) is 90.0 Å². The van der Waals surface area contributed by atoms with Crippen molar-refractivity contribution >= 4 is 33.2 Å². The first-order chi connectivity index (χ1) is 15.8. The van der Waals surface area contributed by atoms with E-state index in [1.165, 1.54) is 10.4 Å². The third-order valence-corrected chi connectivity index (χ3v) is 7.92. The van der Waals surface area contributed by atoms with Gasteiger partial charge in [-0.2, -0.15) is 4.31 Å². The molecule has 0 unspecified atom stereocenters. The fraction of sp³-hybridized carbons (Fsp3) is 0.391. The minimum Gasteiger partial charge on any atom is -0.367 e. The number of carbonyl (C=O) groups is 2. The first-order valence-electron chi connectivity index (χ1n) is 11.0. The number of carbonyl (C=O) groups excluding carboxylic acids is 2. The Hall–Kier alpha value is -2.98. The number of rotatable bonds is 7. The molecule has 0 saturated carbocycles. The molecular weight excluding hydrogens is 447 g/mol. The summed E-state index contributed by atoms with van der Waals surface area (Å²) in [5.74, 6) is -1.50. The second-order valence-electron chi connectivity index (χ2n) is 8.19. The van der Waals surface area contributed by atoms with Gasteiger partial charge >= 0.3 is 0 Å². The van der Waals surface area contributed by atoms with E-state index in [-0.39, 0.29) is 56.0 Å². The van der Waals surface area contributed by atoms with Gasteiger partial charge in [-0.3, -0.25) is 9.59 Å². The van der Waals surface area contributed by atoms with Crippen molar-refractivity contribution < 1.29 is 22.4 Å². The van der Waals surface area contributed by atoms with Crippen molar-refractivity contribution in [2.75, 3.05) is 54.8 Å². The van der Waals surface area contributed by atoms with Crippen molar-refractivity contribution in [1.29, 1.82) is 0 Å². The second kappa shape index (κ2) is 9.88. The van der Waals surface area contributed by atoms with Crippen molar-refractivity contribution in [3.8, 4) is 0 Å². The highest BCUT2D eigenvalue weighted by molar-refractivity contribution is 7.89. The smallest absolute Gasteiger partial charge is 0.227 e. The molecule has 10 heteroatoms. The Balaban J connectivity index is 1.24. The standard InChI is InChI=1S/C23H27FN4O4S/c24-20-8-4-5-9-21(20)26-11-13-27(14-12-26)33(31,32)15-10-25-23(30)18-16-22(29)28(17-18)19-6-2-1-3-7-19/h1-9,18H,10-17H2,(H,25,30)/t18-/m0/s1. The number of hydrogen-bond donors (Lipinski definition) is 1. The van der Waals surface area contributed by atoms with Crippen molar-refractivity contribution in [3.63, 3.8) is 0 Å². The number of halogens is 1. The maximum Gasteiger partial charge on any atom is 0.227 e. The maximum absolute atomic E-state index is 14.0. The van der Waals surface area contributed by atoms with E-state index in [4.69, 9.17) is 0 Å². The molecule has 0 aliphatic carbocycles. The summed E-state index contributed by atoms with van der Waals surface area (Å²) in [6.07, 6.45) is 0.103. The summed E-state index contributed by atoms with van der Waals surface area (Å²) < 4.78 is 40.8. The van der Waals surface area contributed by atoms with Crippen LogP contribution in [0.4, 0.5) is 15.8 Å². The fourth-order valence-electron chi connectivity index (χ4n) is 4.23. The lowest BCUT2D eigenvalue weighted by atomic mass is 10.1. The van der Waals surface area contributed by atoms with E-state index in [0.717, 1.165) is 5.69 Å². The maximum atomic E-state index is 14.0. The summed E-state index contributed by atoms with van der Waals surface area (Å²) in [7, 11) is -3.56. The zero-order chi connectivity index (χ0) is 23.4. The van der Waals surface area contributed by atoms with E-state index in [9.17, 15) is 22.4 Å². The Morgan fingerprint density at radius 2 is 1.67 bits per heavy atom. The molecule has 0 aromatic heterocycles. The first-order valence-corrected chi connectivity index (χ1v) is 12.6. The Labute approximate surface area is 193 Å². The Kier molecular flexibility index (Phi) is 6.94. The Morgan fingerprint density at radius 3 is 2.36 bits per heavy atom. The monoisotopic (exact) mass is 474 g/mol. The summed E-state index contributed by atoms with van der Waals surface area (Å²) in [5, 5.41) is 2.67. The number of piperazine rings is 1. The molecule has 176 valence electrons. The van der Waals surface area contributed by atoms with Gasteiger partial charge in [-0.05, 0) is 24.3 Å². The highest BCUT2D eigenvalue weighted by Crippen LogP contribution is 2.25. The molecule has 0 spiro atoms. The van der Waals surface area contributed by atoms with Crippen LogP contribution in [0.1, 0.15) is 6.42 Å². The highest BCUT2D eigenvalue weighted by Gasteiger charge is 2.35. The Bertz CT molecular complexity index is 1100. The average Bonchev–Trinajstić information content (AvgIpc) is 3.22. The molecule has 8 nitrogen and oxygen atoms in total. The largest absolute Gasteiger partial charge is 0.367 e. The number of nitrogens with one attached hydrogen (secondary N) is 1. The van der Waals surface area contributed by atoms with E-state index in [1.807, 2.05) is 35.2 Å². The average molecular weight is 475 g/mol. The van der Waals surface area contributed by atoms with Crippen LogP contribution >= 0.6 is 0 Å². The van der Waals surface area contributed by atoms with Gasteiger partial charge in [0.1, 0.15) is 5.82 Å². The summed E-state index contributed by atoms with van der Waals surface area (Å²) in [5.41, 5.74) is 1.22. The lowest BCUT2D eigenvalue weighted by Gasteiger charge is -2.35. The van der Waals surface area contributed by atoms with Crippen LogP contribution in [0.15, 0.2) is 54.6 Å². The predicted octanol–water partition coefficient (Wildman–Crippen LogP) is 1.45. The van der Waals surface area contributed by atoms with Gasteiger partial charge in [-0.1, -0.05) is 30.3 Å². The van der Waals surface area contributed by atoms with Crippen LogP contribution in [-0.4, -0.2) is 69.6 Å². The van der Waals surface area contributed by atoms with Gasteiger partial charge in [-0.15, -0.1) is 0 Å². The van der Waals surface area contributed by atoms with Crippen LogP contribution in [0.3, 0.4) is 0 Å². The molecule has 0 radical (unpaired) electrons. The molecule has 4 rings (SSSR count). The van der Waals surface area contributed by atoms with Crippen LogP contribution in [0.25, 0.3) is 0 Å². The predicted molar refractivity (Wildman–Crippen MR) is 124 cm³/mol. The zero-order valence-electron chi connectivity index (χ0n) is 18.2. The highest BCUT2D eigenvalue weighted by atomic mass is 32.2. The van der Waals surface area contributed by atoms with E-state index in [2.05, 4.69) is 5.32 Å². The quantitative estimate of drug-likeness (QED) is 0.656. The number of benzene rings is 2. The molecule has 2 amide bonds. The second-order valence-corrected chi connectivity index (χ2v) is 10.3. The lowest BCUT2D eigenvalue weighted by Crippen LogP contribution is -2.50. The minimum absolute atomic E-state index is 0.0231. The molecule has 33 heavy (non-hydrogen) atoms. The number of amides is 2. The zero-order valence-corrected chi connectivity index (χ0v) is 19.0. The lowest BCUT2D eigenvalue weighted by molar-refractivity contribution is -0.126. The molecular formula is C23H27FN4O4S. The van der Waals surface area contributed by atoms with Crippen LogP contribution < -0.4 is 15.1 Å². The van der Waals surface area contributed by atoms with Gasteiger partial charge in [0.2, 0.25) is 21.8 Å². The van der Waals surface area contributed by atoms with Gasteiger partial charge in [0.25, 0.3) is 0 Å². The van der Waals surface area contributed by atoms with Gasteiger partial charge in [0.05, 0.1) is 17.4 Å². The molecule has 2 aliphatic heterocycles. The fourth-order valence-corrected chi connectivity index (χ4v) is 5.57. The first kappa shape index (κ1) is 23.2. The number of sulfonamides is 1. The molecule has 2 saturated heterocycles. The van der Waals surface area contributed by atoms with Crippen LogP contribution in [0.5, 0.6) is 0 Å². The molecule has 2 aromatic carbocycles. The molecule has 2 heterocycles. The summed E-state index contributed by atoms with van der Waals surface area (Å²) in [6, 6.07) is 15.6. The van der Waals surface area contributed by atoms with Gasteiger partial charge in [0.15, 0.2) is 0 Å². The molecule has 1 N–H and O–H groups in total. The van der Waals surface area contributed by atoms with E-state index >= 15 is 0 Å². The number of hydrogen-bond acceptors (Lipinski definition) is 5. The van der Waals surface area contributed by atoms with Crippen molar-refractivity contribution in [1.82, 2.24) is 9.62 Å². The van der Waals surface area contributed by atoms with E-state index in [0.29, 0.717) is 18.8 Å². The number of nitrogens with zero attached hydrogens (tertiary/aromatic N) is 3. The van der Waals surface area contributed by atoms with Crippen LogP contribution in [0.2, 0.25) is 0 Å². The van der Waals surface area contributed by atoms with Gasteiger partial charge < -0.3 is 15.1 Å². The van der Waals surface area contributed by atoms with Crippen molar-refractivity contribution in [2.24, 2.45) is 5.92 Å². The van der Waals surface area contributed by atoms with Crippen molar-refractivity contribution in [2.45, 2.75) is 6.42 Å². The normalized spacial score (nSPS) is 19.7. The third kappa shape index (κ3) is 5.33. The van der Waals surface area contributed by atoms with E-state index < -0.39 is 15.9 Å². The third-order valence-electron chi connectivity index (χ3n) is 6.05. The molecule has 2 aromatic rings. The van der Waals surface area contributed by atoms with Gasteiger partial charge in [-0.25, -0.2) is 12.8 Å². The number of para-hydroxylation sites is 2. The SMILES string of the molecule is O=C(NCCS(=O)(=O)N1CCN(c2ccccc2F)CC1)[C@H]1CC(=O)N(c2ccccc2)C1. The van der Waals surface area contributed by atoms with Crippen LogP contribution in [0, 0.1) is 11.7 Å². The summed E-state index contributed by atoms with van der Waals surface area (Å²) in [4.78, 5) is 28.2. The minimum atomic E-state index is -3.56. The number of anilines is 2. The van der Waals surface area contributed by atoms with E-state index in [1.54, 1.807) is 23.1 Å². The molecule has 1 atom stereocenters. The Morgan fingerprint density at radius 1 is 1.00 bits per heavy atom. The summed E-state index contributed by atoms with van der Waals surface area (Å²) >= 11 is 0. The molecule has 2 fully saturated rings. The van der Waals surface area contributed by atoms with Gasteiger partial charge in [0, 0.05) is 51.4 Å². The summed E-state index contributed by atoms with van der Waals surface area (Å²) in [6.45, 7) is 1.56. The molecule has 0 bridgehead atoms. The van der Waals surface area contributed by atoms with Crippen LogP contribution in [-0.2, 0) is 19.6 Å².